The van der Waals surface area contributed by atoms with Crippen LogP contribution in [-0.4, -0.2) is 53.6 Å². The first-order valence-corrected chi connectivity index (χ1v) is 6.80. The summed E-state index contributed by atoms with van der Waals surface area (Å²) >= 11 is 0. The van der Waals surface area contributed by atoms with Gasteiger partial charge in [-0.3, -0.25) is 4.79 Å². The van der Waals surface area contributed by atoms with Crippen molar-refractivity contribution in [3.05, 3.63) is 0 Å². The normalized spacial score (nSPS) is 24.5. The fourth-order valence-electron chi connectivity index (χ4n) is 2.73. The van der Waals surface area contributed by atoms with Crippen molar-refractivity contribution in [1.82, 2.24) is 9.80 Å². The maximum Gasteiger partial charge on any atom is 0.319 e. The molecule has 1 saturated carbocycles. The fraction of sp³-hybridized carbons (Fsp3) is 0.846. The van der Waals surface area contributed by atoms with E-state index < -0.39 is 5.97 Å². The average Bonchev–Trinajstić information content (AvgIpc) is 2.32. The van der Waals surface area contributed by atoms with Gasteiger partial charge < -0.3 is 14.9 Å². The summed E-state index contributed by atoms with van der Waals surface area (Å²) in [5, 5.41) is 9.02. The van der Waals surface area contributed by atoms with Gasteiger partial charge in [-0.2, -0.15) is 0 Å². The third-order valence-electron chi connectivity index (χ3n) is 4.12. The van der Waals surface area contributed by atoms with Crippen LogP contribution in [-0.2, 0) is 4.79 Å². The number of nitrogens with zero attached hydrogens (tertiary/aromatic N) is 2. The van der Waals surface area contributed by atoms with Gasteiger partial charge in [0, 0.05) is 26.7 Å². The van der Waals surface area contributed by atoms with Gasteiger partial charge in [0.1, 0.15) is 0 Å². The quantitative estimate of drug-likeness (QED) is 0.832. The van der Waals surface area contributed by atoms with Crippen molar-refractivity contribution in [3.8, 4) is 0 Å². The molecule has 0 aromatic rings. The highest BCUT2D eigenvalue weighted by molar-refractivity contribution is 5.76. The van der Waals surface area contributed by atoms with Crippen LogP contribution in [0.5, 0.6) is 0 Å². The van der Waals surface area contributed by atoms with Crippen molar-refractivity contribution in [2.24, 2.45) is 11.8 Å². The molecule has 0 radical (unpaired) electrons. The predicted octanol–water partition coefficient (Wildman–Crippen LogP) is 1.63. The molecule has 5 heteroatoms. The summed E-state index contributed by atoms with van der Waals surface area (Å²) in [6.45, 7) is 1.87. The molecule has 1 aliphatic carbocycles. The van der Waals surface area contributed by atoms with Gasteiger partial charge in [0.15, 0.2) is 0 Å². The van der Waals surface area contributed by atoms with Crippen LogP contribution in [0, 0.1) is 11.8 Å². The first kappa shape index (κ1) is 13.2. The van der Waals surface area contributed by atoms with Crippen molar-refractivity contribution < 1.29 is 14.7 Å². The number of carbonyl (C=O) groups is 2. The van der Waals surface area contributed by atoms with E-state index in [-0.39, 0.29) is 11.9 Å². The molecule has 1 atom stereocenters. The second kappa shape index (κ2) is 5.59. The van der Waals surface area contributed by atoms with Crippen LogP contribution >= 0.6 is 0 Å². The number of urea groups is 1. The number of aliphatic carboxylic acids is 1. The van der Waals surface area contributed by atoms with Gasteiger partial charge >= 0.3 is 12.0 Å². The van der Waals surface area contributed by atoms with Gasteiger partial charge in [-0.15, -0.1) is 0 Å². The fourth-order valence-corrected chi connectivity index (χ4v) is 2.73. The summed E-state index contributed by atoms with van der Waals surface area (Å²) in [6, 6.07) is -0.00662. The zero-order chi connectivity index (χ0) is 13.1. The minimum Gasteiger partial charge on any atom is -0.481 e. The lowest BCUT2D eigenvalue weighted by molar-refractivity contribution is -0.143. The van der Waals surface area contributed by atoms with E-state index in [1.54, 1.807) is 9.80 Å². The molecule has 1 saturated heterocycles. The van der Waals surface area contributed by atoms with Crippen molar-refractivity contribution in [1.29, 1.82) is 0 Å². The first-order valence-electron chi connectivity index (χ1n) is 6.80. The summed E-state index contributed by atoms with van der Waals surface area (Å²) in [7, 11) is 1.82. The van der Waals surface area contributed by atoms with E-state index in [4.69, 9.17) is 5.11 Å². The third-order valence-corrected chi connectivity index (χ3v) is 4.12. The van der Waals surface area contributed by atoms with Gasteiger partial charge in [0.05, 0.1) is 5.92 Å². The average molecular weight is 254 g/mol. The molecule has 1 heterocycles. The molecule has 102 valence electrons. The highest BCUT2D eigenvalue weighted by Crippen LogP contribution is 2.27. The summed E-state index contributed by atoms with van der Waals surface area (Å²) in [4.78, 5) is 26.6. The molecule has 2 fully saturated rings. The van der Waals surface area contributed by atoms with Gasteiger partial charge in [-0.1, -0.05) is 6.42 Å². The lowest BCUT2D eigenvalue weighted by Gasteiger charge is -2.36. The Labute approximate surface area is 108 Å². The molecule has 0 aromatic carbocycles. The Kier molecular flexibility index (Phi) is 4.09. The van der Waals surface area contributed by atoms with E-state index in [2.05, 4.69) is 0 Å². The van der Waals surface area contributed by atoms with Crippen molar-refractivity contribution in [2.75, 3.05) is 26.7 Å². The van der Waals surface area contributed by atoms with Crippen LogP contribution in [0.4, 0.5) is 4.79 Å². The van der Waals surface area contributed by atoms with E-state index in [1.165, 1.54) is 19.3 Å². The van der Waals surface area contributed by atoms with E-state index in [9.17, 15) is 9.59 Å². The van der Waals surface area contributed by atoms with Crippen LogP contribution in [0.3, 0.4) is 0 Å². The number of hydrogen-bond donors (Lipinski definition) is 1. The summed E-state index contributed by atoms with van der Waals surface area (Å²) in [5.74, 6) is -0.520. The molecule has 1 N–H and O–H groups in total. The zero-order valence-electron chi connectivity index (χ0n) is 11.0. The number of amides is 2. The lowest BCUT2D eigenvalue weighted by atomic mass is 9.85. The molecule has 0 unspecified atom stereocenters. The Hall–Kier alpha value is -1.26. The number of piperidine rings is 1. The Morgan fingerprint density at radius 2 is 2.00 bits per heavy atom. The Bertz CT molecular complexity index is 328. The lowest BCUT2D eigenvalue weighted by Crippen LogP contribution is -2.49. The zero-order valence-corrected chi connectivity index (χ0v) is 11.0. The van der Waals surface area contributed by atoms with Crippen LogP contribution in [0.15, 0.2) is 0 Å². The molecule has 1 aliphatic heterocycles. The second-order valence-electron chi connectivity index (χ2n) is 5.58. The molecule has 2 rings (SSSR count). The van der Waals surface area contributed by atoms with E-state index in [0.29, 0.717) is 25.4 Å². The van der Waals surface area contributed by atoms with Crippen LogP contribution in [0.25, 0.3) is 0 Å². The van der Waals surface area contributed by atoms with Gasteiger partial charge in [0.2, 0.25) is 0 Å². The Balaban J connectivity index is 1.84. The number of carboxylic acids is 1. The maximum absolute atomic E-state index is 12.2. The molecule has 0 aromatic heterocycles. The summed E-state index contributed by atoms with van der Waals surface area (Å²) in [6.07, 6.45) is 5.19. The third kappa shape index (κ3) is 2.94. The SMILES string of the molecule is CN(CC1CCC1)C(=O)N1CCC[C@@H](C(=O)O)C1. The Morgan fingerprint density at radius 3 is 2.56 bits per heavy atom. The molecule has 2 amide bonds. The molecule has 0 spiro atoms. The van der Waals surface area contributed by atoms with Crippen molar-refractivity contribution in [3.63, 3.8) is 0 Å². The minimum absolute atomic E-state index is 0.00662. The van der Waals surface area contributed by atoms with Crippen molar-refractivity contribution in [2.45, 2.75) is 32.1 Å². The standard InChI is InChI=1S/C13H22N2O3/c1-14(8-10-4-2-5-10)13(18)15-7-3-6-11(9-15)12(16)17/h10-11H,2-9H2,1H3,(H,16,17)/t11-/m1/s1. The first-order chi connectivity index (χ1) is 8.58. The highest BCUT2D eigenvalue weighted by Gasteiger charge is 2.30. The van der Waals surface area contributed by atoms with Crippen LogP contribution < -0.4 is 0 Å². The summed E-state index contributed by atoms with van der Waals surface area (Å²) in [5.41, 5.74) is 0. The van der Waals surface area contributed by atoms with Gasteiger partial charge in [-0.05, 0) is 31.6 Å². The smallest absolute Gasteiger partial charge is 0.319 e. The molecule has 2 aliphatic rings. The topological polar surface area (TPSA) is 60.9 Å². The number of carbonyl (C=O) groups excluding carboxylic acids is 1. The molecular formula is C13H22N2O3. The maximum atomic E-state index is 12.2. The summed E-state index contributed by atoms with van der Waals surface area (Å²) < 4.78 is 0. The van der Waals surface area contributed by atoms with Gasteiger partial charge in [0.25, 0.3) is 0 Å². The number of rotatable bonds is 3. The monoisotopic (exact) mass is 254 g/mol. The van der Waals surface area contributed by atoms with E-state index in [1.807, 2.05) is 7.05 Å². The highest BCUT2D eigenvalue weighted by atomic mass is 16.4. The van der Waals surface area contributed by atoms with Crippen LogP contribution in [0.1, 0.15) is 32.1 Å². The largest absolute Gasteiger partial charge is 0.481 e. The van der Waals surface area contributed by atoms with E-state index >= 15 is 0 Å². The predicted molar refractivity (Wildman–Crippen MR) is 67.3 cm³/mol. The molecule has 5 nitrogen and oxygen atoms in total. The number of likely N-dealkylation sites (tertiary alicyclic amines) is 1. The molecular weight excluding hydrogens is 232 g/mol. The van der Waals surface area contributed by atoms with Crippen molar-refractivity contribution >= 4 is 12.0 Å². The number of carboxylic acid groups (broad SMARTS) is 1. The van der Waals surface area contributed by atoms with E-state index in [0.717, 1.165) is 13.0 Å². The Morgan fingerprint density at radius 1 is 1.28 bits per heavy atom. The van der Waals surface area contributed by atoms with Gasteiger partial charge in [-0.25, -0.2) is 4.79 Å². The second-order valence-corrected chi connectivity index (χ2v) is 5.58. The number of hydrogen-bond acceptors (Lipinski definition) is 2. The molecule has 0 bridgehead atoms. The molecule has 18 heavy (non-hydrogen) atoms. The van der Waals surface area contributed by atoms with Crippen LogP contribution in [0.2, 0.25) is 0 Å². The minimum atomic E-state index is -0.783.